The van der Waals surface area contributed by atoms with Gasteiger partial charge in [0.2, 0.25) is 0 Å². The number of hydrogen-bond acceptors (Lipinski definition) is 1. The SMILES string of the molecule is CCCCc1cc2ccc(F)cc2c2c3c(F)c(F)c(C(F)(F)F)c(F)c3nn12. The molecule has 0 atom stereocenters. The summed E-state index contributed by atoms with van der Waals surface area (Å²) in [6.07, 6.45) is -3.59. The van der Waals surface area contributed by atoms with Crippen LogP contribution in [0, 0.1) is 23.3 Å². The van der Waals surface area contributed by atoms with Crippen LogP contribution in [0.1, 0.15) is 31.0 Å². The van der Waals surface area contributed by atoms with E-state index in [1.54, 1.807) is 6.07 Å². The standard InChI is InChI=1S/C20H13F7N2/c1-2-3-4-11-7-9-5-6-10(21)8-12(9)19-13-15(22)16(23)14(20(25,26)27)17(24)18(13)28-29(11)19/h5-8H,2-4H2,1H3. The number of rotatable bonds is 3. The third kappa shape index (κ3) is 2.90. The zero-order valence-corrected chi connectivity index (χ0v) is 15.0. The van der Waals surface area contributed by atoms with Gasteiger partial charge in [-0.3, -0.25) is 0 Å². The predicted octanol–water partition coefficient (Wildman–Crippen LogP) is 6.56. The molecule has 0 amide bonds. The van der Waals surface area contributed by atoms with Gasteiger partial charge in [0.25, 0.3) is 0 Å². The molecule has 0 unspecified atom stereocenters. The molecule has 29 heavy (non-hydrogen) atoms. The number of aryl methyl sites for hydroxylation is 1. The third-order valence-corrected chi connectivity index (χ3v) is 4.88. The Morgan fingerprint density at radius 1 is 0.966 bits per heavy atom. The highest BCUT2D eigenvalue weighted by atomic mass is 19.4. The summed E-state index contributed by atoms with van der Waals surface area (Å²) in [5.74, 6) is -6.91. The van der Waals surface area contributed by atoms with Crippen LogP contribution in [0.5, 0.6) is 0 Å². The topological polar surface area (TPSA) is 17.3 Å². The lowest BCUT2D eigenvalue weighted by Gasteiger charge is -2.10. The highest BCUT2D eigenvalue weighted by Crippen LogP contribution is 2.40. The van der Waals surface area contributed by atoms with Gasteiger partial charge in [-0.2, -0.15) is 18.3 Å². The summed E-state index contributed by atoms with van der Waals surface area (Å²) in [6, 6.07) is 5.23. The molecule has 9 heteroatoms. The van der Waals surface area contributed by atoms with Crippen LogP contribution in [-0.2, 0) is 12.6 Å². The molecule has 0 bridgehead atoms. The van der Waals surface area contributed by atoms with Gasteiger partial charge in [-0.15, -0.1) is 0 Å². The summed E-state index contributed by atoms with van der Waals surface area (Å²) in [6.45, 7) is 1.91. The highest BCUT2D eigenvalue weighted by molar-refractivity contribution is 6.10. The molecule has 0 fully saturated rings. The summed E-state index contributed by atoms with van der Waals surface area (Å²) < 4.78 is 97.8. The van der Waals surface area contributed by atoms with Crippen molar-refractivity contribution in [2.24, 2.45) is 0 Å². The van der Waals surface area contributed by atoms with Gasteiger partial charge in [0.15, 0.2) is 17.5 Å². The smallest absolute Gasteiger partial charge is 0.236 e. The fourth-order valence-corrected chi connectivity index (χ4v) is 3.56. The Bertz CT molecular complexity index is 1270. The molecule has 2 nitrogen and oxygen atoms in total. The number of benzene rings is 2. The van der Waals surface area contributed by atoms with Crippen LogP contribution in [0.2, 0.25) is 0 Å². The predicted molar refractivity (Wildman–Crippen MR) is 93.7 cm³/mol. The van der Waals surface area contributed by atoms with Crippen LogP contribution in [0.4, 0.5) is 30.7 Å². The minimum absolute atomic E-state index is 0.0882. The number of unbranched alkanes of at least 4 members (excludes halogenated alkanes) is 1. The first-order valence-corrected chi connectivity index (χ1v) is 8.82. The molecule has 0 spiro atoms. The van der Waals surface area contributed by atoms with Crippen LogP contribution < -0.4 is 0 Å². The van der Waals surface area contributed by atoms with Gasteiger partial charge in [0.1, 0.15) is 16.9 Å². The van der Waals surface area contributed by atoms with E-state index in [0.29, 0.717) is 23.9 Å². The van der Waals surface area contributed by atoms with E-state index >= 15 is 0 Å². The first kappa shape index (κ1) is 19.5. The quantitative estimate of drug-likeness (QED) is 0.274. The summed E-state index contributed by atoms with van der Waals surface area (Å²) in [7, 11) is 0. The second-order valence-corrected chi connectivity index (χ2v) is 6.77. The van der Waals surface area contributed by atoms with Crippen molar-refractivity contribution in [3.05, 3.63) is 58.8 Å². The van der Waals surface area contributed by atoms with Crippen LogP contribution in [0.15, 0.2) is 24.3 Å². The summed E-state index contributed by atoms with van der Waals surface area (Å²) in [5, 5.41) is 3.63. The van der Waals surface area contributed by atoms with Crippen molar-refractivity contribution in [3.8, 4) is 0 Å². The van der Waals surface area contributed by atoms with E-state index in [-0.39, 0.29) is 10.9 Å². The first-order valence-electron chi connectivity index (χ1n) is 8.82. The van der Waals surface area contributed by atoms with Crippen LogP contribution in [0.25, 0.3) is 27.2 Å². The molecule has 0 N–H and O–H groups in total. The van der Waals surface area contributed by atoms with E-state index in [2.05, 4.69) is 5.10 Å². The molecule has 0 saturated heterocycles. The van der Waals surface area contributed by atoms with E-state index in [1.165, 1.54) is 12.1 Å². The van der Waals surface area contributed by atoms with Crippen LogP contribution in [-0.4, -0.2) is 9.61 Å². The molecule has 2 aromatic heterocycles. The third-order valence-electron chi connectivity index (χ3n) is 4.88. The van der Waals surface area contributed by atoms with Crippen molar-refractivity contribution in [1.82, 2.24) is 9.61 Å². The summed E-state index contributed by atoms with van der Waals surface area (Å²) in [5.41, 5.74) is -3.00. The highest BCUT2D eigenvalue weighted by Gasteiger charge is 2.42. The number of aromatic nitrogens is 2. The maximum Gasteiger partial charge on any atom is 0.422 e. The maximum atomic E-state index is 14.8. The van der Waals surface area contributed by atoms with E-state index in [9.17, 15) is 30.7 Å². The maximum absolute atomic E-state index is 14.8. The van der Waals surface area contributed by atoms with Gasteiger partial charge in [-0.25, -0.2) is 22.1 Å². The molecule has 4 aromatic rings. The number of halogens is 7. The van der Waals surface area contributed by atoms with Gasteiger partial charge in [-0.1, -0.05) is 19.4 Å². The average Bonchev–Trinajstić information content (AvgIpc) is 3.05. The zero-order valence-electron chi connectivity index (χ0n) is 15.0. The number of nitrogens with zero attached hydrogens (tertiary/aromatic N) is 2. The Hall–Kier alpha value is -2.84. The minimum Gasteiger partial charge on any atom is -0.236 e. The lowest BCUT2D eigenvalue weighted by molar-refractivity contribution is -0.142. The number of hydrogen-bond donors (Lipinski definition) is 0. The number of fused-ring (bicyclic) bond motifs is 5. The van der Waals surface area contributed by atoms with Gasteiger partial charge < -0.3 is 0 Å². The van der Waals surface area contributed by atoms with Crippen LogP contribution >= 0.6 is 0 Å². The van der Waals surface area contributed by atoms with Crippen LogP contribution in [0.3, 0.4) is 0 Å². The minimum atomic E-state index is -5.45. The van der Waals surface area contributed by atoms with Gasteiger partial charge in [-0.05, 0) is 36.4 Å². The Labute approximate surface area is 159 Å². The van der Waals surface area contributed by atoms with Crippen molar-refractivity contribution in [2.45, 2.75) is 32.4 Å². The second kappa shape index (κ2) is 6.60. The molecule has 4 rings (SSSR count). The monoisotopic (exact) mass is 414 g/mol. The van der Waals surface area contributed by atoms with Gasteiger partial charge in [0.05, 0.1) is 10.9 Å². The van der Waals surface area contributed by atoms with E-state index < -0.39 is 45.9 Å². The number of pyridine rings is 1. The molecule has 2 aromatic carbocycles. The van der Waals surface area contributed by atoms with E-state index in [1.807, 2.05) is 6.92 Å². The molecule has 0 aliphatic carbocycles. The summed E-state index contributed by atoms with van der Waals surface area (Å²) in [4.78, 5) is 0. The normalized spacial score (nSPS) is 12.6. The van der Waals surface area contributed by atoms with Crippen molar-refractivity contribution in [3.63, 3.8) is 0 Å². The molecule has 0 aliphatic rings. The van der Waals surface area contributed by atoms with Crippen molar-refractivity contribution in [2.75, 3.05) is 0 Å². The van der Waals surface area contributed by atoms with Crippen molar-refractivity contribution >= 4 is 27.2 Å². The Kier molecular flexibility index (Phi) is 4.43. The van der Waals surface area contributed by atoms with Gasteiger partial charge >= 0.3 is 6.18 Å². The molecule has 152 valence electrons. The largest absolute Gasteiger partial charge is 0.422 e. The lowest BCUT2D eigenvalue weighted by Crippen LogP contribution is -2.13. The molecular weight excluding hydrogens is 401 g/mol. The molecule has 0 aliphatic heterocycles. The van der Waals surface area contributed by atoms with Crippen molar-refractivity contribution in [1.29, 1.82) is 0 Å². The van der Waals surface area contributed by atoms with E-state index in [4.69, 9.17) is 0 Å². The fraction of sp³-hybridized carbons (Fsp3) is 0.250. The fourth-order valence-electron chi connectivity index (χ4n) is 3.56. The Morgan fingerprint density at radius 2 is 1.69 bits per heavy atom. The van der Waals surface area contributed by atoms with E-state index in [0.717, 1.165) is 17.0 Å². The first-order chi connectivity index (χ1) is 13.6. The van der Waals surface area contributed by atoms with Gasteiger partial charge in [0, 0.05) is 11.1 Å². The Balaban J connectivity index is 2.25. The number of alkyl halides is 3. The lowest BCUT2D eigenvalue weighted by atomic mass is 10.0. The Morgan fingerprint density at radius 3 is 2.34 bits per heavy atom. The average molecular weight is 414 g/mol. The molecule has 0 radical (unpaired) electrons. The molecule has 2 heterocycles. The summed E-state index contributed by atoms with van der Waals surface area (Å²) >= 11 is 0. The zero-order chi connectivity index (χ0) is 21.1. The second-order valence-electron chi connectivity index (χ2n) is 6.77. The molecule has 0 saturated carbocycles. The van der Waals surface area contributed by atoms with Crippen molar-refractivity contribution < 1.29 is 30.7 Å². The molecular formula is C20H13F7N2.